The summed E-state index contributed by atoms with van der Waals surface area (Å²) in [5, 5.41) is 0. The van der Waals surface area contributed by atoms with E-state index in [-0.39, 0.29) is 0 Å². The third kappa shape index (κ3) is 0.778. The fourth-order valence-electron chi connectivity index (χ4n) is 0.983. The second kappa shape index (κ2) is 2.14. The molecule has 0 aromatic heterocycles. The van der Waals surface area contributed by atoms with Gasteiger partial charge in [0.15, 0.2) is 0 Å². The van der Waals surface area contributed by atoms with Crippen molar-refractivity contribution in [2.75, 3.05) is 6.54 Å². The van der Waals surface area contributed by atoms with Crippen LogP contribution in [0.2, 0.25) is 0 Å². The highest BCUT2D eigenvalue weighted by Crippen LogP contribution is 2.13. The maximum absolute atomic E-state index is 4.05. The fraction of sp³-hybridized carbons (Fsp3) is 0.125. The molecular formula is C8H7N2. The summed E-state index contributed by atoms with van der Waals surface area (Å²) in [4.78, 5) is 6.12. The number of rotatable bonds is 0. The average Bonchev–Trinajstić information content (AvgIpc) is 2.05. The molecular weight excluding hydrogens is 124 g/mol. The van der Waals surface area contributed by atoms with Crippen LogP contribution >= 0.6 is 0 Å². The van der Waals surface area contributed by atoms with E-state index in [0.717, 1.165) is 12.4 Å². The lowest BCUT2D eigenvalue weighted by Crippen LogP contribution is -2.19. The van der Waals surface area contributed by atoms with E-state index in [9.17, 15) is 0 Å². The maximum Gasteiger partial charge on any atom is 0.133 e. The van der Waals surface area contributed by atoms with E-state index in [0.29, 0.717) is 0 Å². The Morgan fingerprint density at radius 2 is 2.60 bits per heavy atom. The van der Waals surface area contributed by atoms with Gasteiger partial charge in [0.1, 0.15) is 5.82 Å². The average molecular weight is 131 g/mol. The third-order valence-electron chi connectivity index (χ3n) is 1.49. The van der Waals surface area contributed by atoms with Crippen LogP contribution in [-0.4, -0.2) is 17.7 Å². The first kappa shape index (κ1) is 5.47. The second-order valence-electron chi connectivity index (χ2n) is 2.16. The Balaban J connectivity index is 2.34. The Morgan fingerprint density at radius 3 is 3.50 bits per heavy atom. The first-order valence-corrected chi connectivity index (χ1v) is 3.23. The Morgan fingerprint density at radius 1 is 1.60 bits per heavy atom. The minimum atomic E-state index is 0.924. The van der Waals surface area contributed by atoms with Crippen LogP contribution in [0, 0.1) is 0 Å². The summed E-state index contributed by atoms with van der Waals surface area (Å²) in [5.41, 5.74) is 0. The van der Waals surface area contributed by atoms with E-state index in [1.54, 1.807) is 0 Å². The van der Waals surface area contributed by atoms with Gasteiger partial charge in [-0.2, -0.15) is 0 Å². The molecule has 0 N–H and O–H groups in total. The van der Waals surface area contributed by atoms with Crippen molar-refractivity contribution in [2.24, 2.45) is 4.99 Å². The topological polar surface area (TPSA) is 15.6 Å². The van der Waals surface area contributed by atoms with Gasteiger partial charge in [-0.05, 0) is 12.2 Å². The van der Waals surface area contributed by atoms with E-state index in [1.807, 2.05) is 24.4 Å². The van der Waals surface area contributed by atoms with Crippen molar-refractivity contribution >= 4 is 6.21 Å². The van der Waals surface area contributed by atoms with Crippen molar-refractivity contribution < 1.29 is 0 Å². The Bertz CT molecular complexity index is 246. The Labute approximate surface area is 59.9 Å². The molecule has 1 radical (unpaired) electrons. The van der Waals surface area contributed by atoms with Crippen molar-refractivity contribution in [1.82, 2.24) is 4.90 Å². The molecule has 2 aliphatic rings. The van der Waals surface area contributed by atoms with Crippen LogP contribution in [0.1, 0.15) is 0 Å². The Kier molecular flexibility index (Phi) is 1.17. The first-order chi connectivity index (χ1) is 4.97. The monoisotopic (exact) mass is 131 g/mol. The van der Waals surface area contributed by atoms with E-state index in [2.05, 4.69) is 22.2 Å². The molecule has 0 bridgehead atoms. The van der Waals surface area contributed by atoms with E-state index < -0.39 is 0 Å². The summed E-state index contributed by atoms with van der Waals surface area (Å²) in [7, 11) is 0. The van der Waals surface area contributed by atoms with Crippen LogP contribution < -0.4 is 0 Å². The highest BCUT2D eigenvalue weighted by atomic mass is 15.2. The van der Waals surface area contributed by atoms with Gasteiger partial charge in [-0.15, -0.1) is 0 Å². The molecule has 10 heavy (non-hydrogen) atoms. The molecule has 0 spiro atoms. The first-order valence-electron chi connectivity index (χ1n) is 3.23. The molecule has 0 saturated heterocycles. The number of hydrogen-bond acceptors (Lipinski definition) is 2. The summed E-state index contributed by atoms with van der Waals surface area (Å²) in [6, 6.07) is 0. The highest BCUT2D eigenvalue weighted by molar-refractivity contribution is 5.73. The van der Waals surface area contributed by atoms with Gasteiger partial charge in [-0.25, -0.2) is 4.99 Å². The van der Waals surface area contributed by atoms with Crippen LogP contribution in [0.5, 0.6) is 0 Å². The summed E-state index contributed by atoms with van der Waals surface area (Å²) < 4.78 is 0. The van der Waals surface area contributed by atoms with Crippen molar-refractivity contribution in [3.05, 3.63) is 36.3 Å². The fourth-order valence-corrected chi connectivity index (χ4v) is 0.983. The summed E-state index contributed by atoms with van der Waals surface area (Å²) in [6.07, 6.45) is 12.6. The number of hydrogen-bond donors (Lipinski definition) is 0. The molecule has 2 nitrogen and oxygen atoms in total. The molecule has 0 atom stereocenters. The predicted octanol–water partition coefficient (Wildman–Crippen LogP) is 1.17. The van der Waals surface area contributed by atoms with Gasteiger partial charge in [0.2, 0.25) is 0 Å². The van der Waals surface area contributed by atoms with Gasteiger partial charge in [0.05, 0.1) is 6.21 Å². The quantitative estimate of drug-likeness (QED) is 0.482. The van der Waals surface area contributed by atoms with Gasteiger partial charge in [0, 0.05) is 12.7 Å². The standard InChI is InChI=1S/C8H7N2/c1-2-6-10-7-3-5-9-8(10)4-1/h1-4,7H,6H2. The van der Waals surface area contributed by atoms with Gasteiger partial charge < -0.3 is 4.90 Å². The van der Waals surface area contributed by atoms with Gasteiger partial charge in [0.25, 0.3) is 0 Å². The van der Waals surface area contributed by atoms with E-state index in [1.165, 1.54) is 0 Å². The van der Waals surface area contributed by atoms with E-state index in [4.69, 9.17) is 0 Å². The van der Waals surface area contributed by atoms with Gasteiger partial charge >= 0.3 is 0 Å². The maximum atomic E-state index is 4.05. The molecule has 0 fully saturated rings. The molecule has 0 amide bonds. The highest BCUT2D eigenvalue weighted by Gasteiger charge is 2.06. The van der Waals surface area contributed by atoms with Crippen molar-refractivity contribution in [2.45, 2.75) is 0 Å². The number of aliphatic imine (C=N–C) groups is 1. The SMILES string of the molecule is [C]1=NC2=CC=CCN2C=C1. The van der Waals surface area contributed by atoms with Crippen LogP contribution in [0.15, 0.2) is 41.3 Å². The minimum absolute atomic E-state index is 0.924. The summed E-state index contributed by atoms with van der Waals surface area (Å²) in [6.45, 7) is 0.924. The second-order valence-corrected chi connectivity index (χ2v) is 2.16. The molecule has 2 rings (SSSR count). The molecule has 0 aromatic carbocycles. The molecule has 2 heterocycles. The summed E-state index contributed by atoms with van der Waals surface area (Å²) in [5.74, 6) is 0.977. The normalized spacial score (nSPS) is 20.8. The zero-order chi connectivity index (χ0) is 6.81. The molecule has 0 aliphatic carbocycles. The number of nitrogens with zero attached hydrogens (tertiary/aromatic N) is 2. The molecule has 0 saturated carbocycles. The largest absolute Gasteiger partial charge is 0.329 e. The van der Waals surface area contributed by atoms with Crippen molar-refractivity contribution in [3.63, 3.8) is 0 Å². The summed E-state index contributed by atoms with van der Waals surface area (Å²) >= 11 is 0. The lowest BCUT2D eigenvalue weighted by atomic mass is 10.3. The van der Waals surface area contributed by atoms with Gasteiger partial charge in [-0.1, -0.05) is 12.2 Å². The smallest absolute Gasteiger partial charge is 0.133 e. The molecule has 0 unspecified atom stereocenters. The van der Waals surface area contributed by atoms with Crippen LogP contribution in [0.4, 0.5) is 0 Å². The van der Waals surface area contributed by atoms with Crippen molar-refractivity contribution in [3.8, 4) is 0 Å². The van der Waals surface area contributed by atoms with E-state index >= 15 is 0 Å². The minimum Gasteiger partial charge on any atom is -0.329 e. The molecule has 49 valence electrons. The molecule has 2 aliphatic heterocycles. The third-order valence-corrected chi connectivity index (χ3v) is 1.49. The number of fused-ring (bicyclic) bond motifs is 1. The lowest BCUT2D eigenvalue weighted by Gasteiger charge is -2.22. The molecule has 0 aromatic rings. The van der Waals surface area contributed by atoms with Crippen LogP contribution in [0.25, 0.3) is 0 Å². The Hall–Kier alpha value is -1.31. The zero-order valence-corrected chi connectivity index (χ0v) is 5.49. The van der Waals surface area contributed by atoms with Crippen LogP contribution in [-0.2, 0) is 0 Å². The van der Waals surface area contributed by atoms with Crippen LogP contribution in [0.3, 0.4) is 0 Å². The molecule has 2 heteroatoms. The van der Waals surface area contributed by atoms with Gasteiger partial charge in [-0.3, -0.25) is 0 Å². The zero-order valence-electron chi connectivity index (χ0n) is 5.49. The lowest BCUT2D eigenvalue weighted by molar-refractivity contribution is 0.502. The predicted molar refractivity (Wildman–Crippen MR) is 40.5 cm³/mol. The number of allylic oxidation sites excluding steroid dienone is 3. The van der Waals surface area contributed by atoms with Crippen molar-refractivity contribution in [1.29, 1.82) is 0 Å².